The first-order chi connectivity index (χ1) is 9.00. The van der Waals surface area contributed by atoms with E-state index in [1.54, 1.807) is 12.1 Å². The fraction of sp³-hybridized carbons (Fsp3) is 0.375. The van der Waals surface area contributed by atoms with Crippen molar-refractivity contribution in [2.45, 2.75) is 25.0 Å². The van der Waals surface area contributed by atoms with E-state index in [-0.39, 0.29) is 11.8 Å². The predicted molar refractivity (Wildman–Crippen MR) is 76.2 cm³/mol. The van der Waals surface area contributed by atoms with Crippen molar-refractivity contribution in [3.05, 3.63) is 42.0 Å². The molecule has 1 aliphatic rings. The average molecular weight is 257 g/mol. The Morgan fingerprint density at radius 3 is 2.53 bits per heavy atom. The number of phenols is 1. The Balaban J connectivity index is 2.09. The van der Waals surface area contributed by atoms with Crippen LogP contribution in [0.4, 0.5) is 0 Å². The minimum Gasteiger partial charge on any atom is -0.508 e. The molecule has 3 heteroatoms. The minimum absolute atomic E-state index is 0.113. The van der Waals surface area contributed by atoms with Crippen LogP contribution in [0.1, 0.15) is 18.9 Å². The highest BCUT2D eigenvalue weighted by molar-refractivity contribution is 5.84. The van der Waals surface area contributed by atoms with Gasteiger partial charge in [-0.15, -0.1) is 0 Å². The van der Waals surface area contributed by atoms with E-state index in [2.05, 4.69) is 11.8 Å². The summed E-state index contributed by atoms with van der Waals surface area (Å²) in [6, 6.07) is 11.4. The van der Waals surface area contributed by atoms with Gasteiger partial charge in [0.15, 0.2) is 0 Å². The van der Waals surface area contributed by atoms with Gasteiger partial charge in [-0.05, 0) is 54.9 Å². The maximum absolute atomic E-state index is 10.9. The number of hydrogen-bond donors (Lipinski definition) is 2. The summed E-state index contributed by atoms with van der Waals surface area (Å²) < 4.78 is 0. The number of hydrogen-bond acceptors (Lipinski definition) is 3. The lowest BCUT2D eigenvalue weighted by atomic mass is 9.86. The predicted octanol–water partition coefficient (Wildman–Crippen LogP) is 2.46. The molecule has 0 radical (unpaired) electrons. The Bertz CT molecular complexity index is 625. The molecule has 100 valence electrons. The van der Waals surface area contributed by atoms with Crippen LogP contribution in [0, 0.1) is 0 Å². The first-order valence-corrected chi connectivity index (χ1v) is 6.66. The van der Waals surface area contributed by atoms with E-state index in [0.717, 1.165) is 29.3 Å². The van der Waals surface area contributed by atoms with E-state index in [9.17, 15) is 10.2 Å². The Morgan fingerprint density at radius 2 is 1.84 bits per heavy atom. The normalized spacial score (nSPS) is 28.1. The Labute approximate surface area is 113 Å². The topological polar surface area (TPSA) is 43.7 Å². The van der Waals surface area contributed by atoms with Crippen molar-refractivity contribution in [3.8, 4) is 5.75 Å². The molecule has 1 heterocycles. The van der Waals surface area contributed by atoms with Crippen LogP contribution in [-0.2, 0) is 5.60 Å². The summed E-state index contributed by atoms with van der Waals surface area (Å²) in [6.45, 7) is 2.97. The number of fused-ring (bicyclic) bond motifs is 1. The molecule has 0 aromatic heterocycles. The number of nitrogens with zero attached hydrogens (tertiary/aromatic N) is 1. The number of aromatic hydroxyl groups is 1. The first-order valence-electron chi connectivity index (χ1n) is 6.66. The van der Waals surface area contributed by atoms with Gasteiger partial charge in [-0.25, -0.2) is 0 Å². The number of likely N-dealkylation sites (N-methyl/N-ethyl adjacent to an activating group) is 1. The molecule has 2 aromatic rings. The van der Waals surface area contributed by atoms with E-state index in [0.29, 0.717) is 0 Å². The monoisotopic (exact) mass is 257 g/mol. The van der Waals surface area contributed by atoms with Crippen LogP contribution in [0.25, 0.3) is 10.8 Å². The van der Waals surface area contributed by atoms with Crippen LogP contribution in [-0.4, -0.2) is 34.7 Å². The van der Waals surface area contributed by atoms with Crippen LogP contribution in [0.5, 0.6) is 5.75 Å². The van der Waals surface area contributed by atoms with Crippen LogP contribution < -0.4 is 0 Å². The van der Waals surface area contributed by atoms with E-state index < -0.39 is 5.60 Å². The van der Waals surface area contributed by atoms with Gasteiger partial charge in [-0.1, -0.05) is 18.2 Å². The number of likely N-dealkylation sites (tertiary alicyclic amines) is 1. The largest absolute Gasteiger partial charge is 0.508 e. The van der Waals surface area contributed by atoms with Gasteiger partial charge in [0.2, 0.25) is 0 Å². The van der Waals surface area contributed by atoms with Gasteiger partial charge in [-0.3, -0.25) is 0 Å². The van der Waals surface area contributed by atoms with Gasteiger partial charge in [0.05, 0.1) is 0 Å². The van der Waals surface area contributed by atoms with Crippen molar-refractivity contribution in [2.24, 2.45) is 0 Å². The Hall–Kier alpha value is -1.58. The maximum atomic E-state index is 10.9. The summed E-state index contributed by atoms with van der Waals surface area (Å²) in [5.74, 6) is 0.271. The van der Waals surface area contributed by atoms with Gasteiger partial charge < -0.3 is 15.1 Å². The van der Waals surface area contributed by atoms with E-state index in [1.165, 1.54) is 0 Å². The number of rotatable bonds is 1. The van der Waals surface area contributed by atoms with Gasteiger partial charge in [0.25, 0.3) is 0 Å². The molecular formula is C16H19NO2. The van der Waals surface area contributed by atoms with Crippen molar-refractivity contribution >= 4 is 10.8 Å². The van der Waals surface area contributed by atoms with E-state index >= 15 is 0 Å². The highest BCUT2D eigenvalue weighted by Crippen LogP contribution is 2.38. The Morgan fingerprint density at radius 1 is 1.16 bits per heavy atom. The third-order valence-corrected chi connectivity index (χ3v) is 4.52. The van der Waals surface area contributed by atoms with Gasteiger partial charge in [0, 0.05) is 12.6 Å². The molecular weight excluding hydrogens is 238 g/mol. The van der Waals surface area contributed by atoms with E-state index in [1.807, 2.05) is 31.3 Å². The summed E-state index contributed by atoms with van der Waals surface area (Å²) >= 11 is 0. The average Bonchev–Trinajstić information content (AvgIpc) is 2.67. The summed E-state index contributed by atoms with van der Waals surface area (Å²) in [7, 11) is 2.04. The fourth-order valence-electron chi connectivity index (χ4n) is 3.00. The molecule has 2 atom stereocenters. The van der Waals surface area contributed by atoms with Crippen molar-refractivity contribution in [1.82, 2.24) is 4.90 Å². The molecule has 1 fully saturated rings. The second-order valence-electron chi connectivity index (χ2n) is 5.58. The SMILES string of the molecule is C[C@@H]1N(C)CC[C@@]1(O)c1ccc2cc(O)ccc2c1. The highest BCUT2D eigenvalue weighted by Gasteiger charge is 2.42. The van der Waals surface area contributed by atoms with Gasteiger partial charge in [0.1, 0.15) is 11.4 Å². The zero-order chi connectivity index (χ0) is 13.6. The molecule has 3 nitrogen and oxygen atoms in total. The number of aliphatic hydroxyl groups is 1. The summed E-state index contributed by atoms with van der Waals surface area (Å²) in [5.41, 5.74) is 0.184. The molecule has 1 aliphatic heterocycles. The fourth-order valence-corrected chi connectivity index (χ4v) is 3.00. The van der Waals surface area contributed by atoms with Crippen LogP contribution in [0.2, 0.25) is 0 Å². The summed E-state index contributed by atoms with van der Waals surface area (Å²) in [6.07, 6.45) is 0.758. The molecule has 0 saturated carbocycles. The molecule has 2 aromatic carbocycles. The number of benzene rings is 2. The summed E-state index contributed by atoms with van der Waals surface area (Å²) in [4.78, 5) is 2.18. The minimum atomic E-state index is -0.777. The third-order valence-electron chi connectivity index (χ3n) is 4.52. The lowest BCUT2D eigenvalue weighted by molar-refractivity contribution is 0.0110. The van der Waals surface area contributed by atoms with E-state index in [4.69, 9.17) is 0 Å². The zero-order valence-corrected chi connectivity index (χ0v) is 11.3. The molecule has 3 rings (SSSR count). The molecule has 0 amide bonds. The van der Waals surface area contributed by atoms with Crippen molar-refractivity contribution in [1.29, 1.82) is 0 Å². The van der Waals surface area contributed by atoms with Crippen LogP contribution in [0.3, 0.4) is 0 Å². The molecule has 19 heavy (non-hydrogen) atoms. The van der Waals surface area contributed by atoms with Crippen molar-refractivity contribution in [2.75, 3.05) is 13.6 Å². The van der Waals surface area contributed by atoms with Crippen LogP contribution in [0.15, 0.2) is 36.4 Å². The molecule has 1 saturated heterocycles. The van der Waals surface area contributed by atoms with Gasteiger partial charge >= 0.3 is 0 Å². The Kier molecular flexibility index (Phi) is 2.77. The smallest absolute Gasteiger partial charge is 0.116 e. The third kappa shape index (κ3) is 1.90. The molecule has 0 bridgehead atoms. The second-order valence-corrected chi connectivity index (χ2v) is 5.58. The van der Waals surface area contributed by atoms with Gasteiger partial charge in [-0.2, -0.15) is 0 Å². The van der Waals surface area contributed by atoms with Crippen molar-refractivity contribution in [3.63, 3.8) is 0 Å². The molecule has 2 N–H and O–H groups in total. The maximum Gasteiger partial charge on any atom is 0.116 e. The first kappa shape index (κ1) is 12.5. The summed E-state index contributed by atoms with van der Waals surface area (Å²) in [5, 5.41) is 22.4. The lowest BCUT2D eigenvalue weighted by Gasteiger charge is -2.30. The lowest BCUT2D eigenvalue weighted by Crippen LogP contribution is -2.38. The molecule has 0 aliphatic carbocycles. The molecule has 0 unspecified atom stereocenters. The van der Waals surface area contributed by atoms with Crippen molar-refractivity contribution < 1.29 is 10.2 Å². The quantitative estimate of drug-likeness (QED) is 0.824. The highest BCUT2D eigenvalue weighted by atomic mass is 16.3. The van der Waals surface area contributed by atoms with Crippen LogP contribution >= 0.6 is 0 Å². The standard InChI is InChI=1S/C16H19NO2/c1-11-16(19,7-8-17(11)2)14-5-3-13-10-15(18)6-4-12(13)9-14/h3-6,9-11,18-19H,7-8H2,1-2H3/t11-,16-/m0/s1. The second kappa shape index (κ2) is 4.22. The zero-order valence-electron chi connectivity index (χ0n) is 11.3. The molecule has 0 spiro atoms. The number of phenolic OH excluding ortho intramolecular Hbond substituents is 1.